The molecule has 0 unspecified atom stereocenters. The van der Waals surface area contributed by atoms with Gasteiger partial charge in [0.25, 0.3) is 5.91 Å². The van der Waals surface area contributed by atoms with Crippen LogP contribution in [0.15, 0.2) is 60.9 Å². The molecule has 6 nitrogen and oxygen atoms in total. The Balaban J connectivity index is 1.50. The number of alkyl halides is 3. The maximum atomic E-state index is 13.7. The standard InChI is InChI=1S/C28H26F4N4O2/c1-17-12-19(6-7-22(17)26(37)35-27(2)8-9-27)36-16-34-25-23(33-11-10-28(30,31)32)14-21(15-24(25)36)38-20-5-3-4-18(29)13-20/h3-7,12-16,33H,8-11H2,1-2H3,(H,35,37). The van der Waals surface area contributed by atoms with Crippen LogP contribution in [0.2, 0.25) is 0 Å². The number of aryl methyl sites for hydroxylation is 1. The van der Waals surface area contributed by atoms with E-state index in [-0.39, 0.29) is 23.7 Å². The van der Waals surface area contributed by atoms with Crippen LogP contribution in [-0.4, -0.2) is 33.7 Å². The number of ether oxygens (including phenoxy) is 1. The molecule has 0 aliphatic heterocycles. The highest BCUT2D eigenvalue weighted by Crippen LogP contribution is 2.36. The van der Waals surface area contributed by atoms with Gasteiger partial charge in [0.2, 0.25) is 0 Å². The van der Waals surface area contributed by atoms with E-state index in [1.807, 2.05) is 19.9 Å². The van der Waals surface area contributed by atoms with Crippen LogP contribution in [0.5, 0.6) is 11.5 Å². The SMILES string of the molecule is Cc1cc(-n2cnc3c(NCCC(F)(F)F)cc(Oc4cccc(F)c4)cc32)ccc1C(=O)NC1(C)CC1. The third kappa shape index (κ3) is 5.74. The smallest absolute Gasteiger partial charge is 0.390 e. The van der Waals surface area contributed by atoms with E-state index in [0.29, 0.717) is 33.7 Å². The van der Waals surface area contributed by atoms with Crippen LogP contribution in [0.4, 0.5) is 23.2 Å². The Bertz CT molecular complexity index is 1510. The second kappa shape index (κ2) is 9.66. The topological polar surface area (TPSA) is 68.2 Å². The van der Waals surface area contributed by atoms with Crippen molar-refractivity contribution in [3.63, 3.8) is 0 Å². The van der Waals surface area contributed by atoms with Crippen molar-refractivity contribution in [2.24, 2.45) is 0 Å². The van der Waals surface area contributed by atoms with Gasteiger partial charge in [-0.2, -0.15) is 13.2 Å². The monoisotopic (exact) mass is 526 g/mol. The van der Waals surface area contributed by atoms with Crippen molar-refractivity contribution in [2.45, 2.75) is 44.8 Å². The summed E-state index contributed by atoms with van der Waals surface area (Å²) in [6.45, 7) is 3.50. The van der Waals surface area contributed by atoms with Crippen LogP contribution in [0.3, 0.4) is 0 Å². The van der Waals surface area contributed by atoms with Gasteiger partial charge >= 0.3 is 6.18 Å². The second-order valence-corrected chi connectivity index (χ2v) is 9.82. The molecule has 10 heteroatoms. The van der Waals surface area contributed by atoms with Gasteiger partial charge in [-0.3, -0.25) is 9.36 Å². The molecule has 1 heterocycles. The lowest BCUT2D eigenvalue weighted by Crippen LogP contribution is -2.34. The third-order valence-electron chi connectivity index (χ3n) is 6.53. The largest absolute Gasteiger partial charge is 0.457 e. The minimum atomic E-state index is -4.32. The van der Waals surface area contributed by atoms with Crippen LogP contribution < -0.4 is 15.4 Å². The first-order valence-corrected chi connectivity index (χ1v) is 12.2. The minimum absolute atomic E-state index is 0.133. The van der Waals surface area contributed by atoms with Crippen LogP contribution in [0.1, 0.15) is 42.1 Å². The van der Waals surface area contributed by atoms with Crippen LogP contribution in [0, 0.1) is 12.7 Å². The number of hydrogen-bond acceptors (Lipinski definition) is 4. The molecule has 1 fully saturated rings. The Kier molecular flexibility index (Phi) is 6.50. The van der Waals surface area contributed by atoms with E-state index in [1.54, 1.807) is 35.2 Å². The average Bonchev–Trinajstić information content (AvgIpc) is 3.39. The van der Waals surface area contributed by atoms with E-state index < -0.39 is 18.4 Å². The zero-order valence-corrected chi connectivity index (χ0v) is 20.8. The molecule has 0 saturated heterocycles. The molecule has 2 N–H and O–H groups in total. The number of aromatic nitrogens is 2. The number of nitrogens with one attached hydrogen (secondary N) is 2. The highest BCUT2D eigenvalue weighted by molar-refractivity contribution is 5.97. The summed E-state index contributed by atoms with van der Waals surface area (Å²) in [6, 6.07) is 14.2. The summed E-state index contributed by atoms with van der Waals surface area (Å²) >= 11 is 0. The summed E-state index contributed by atoms with van der Waals surface area (Å²) in [5.41, 5.74) is 3.26. The molecule has 1 aromatic heterocycles. The van der Waals surface area contributed by atoms with Crippen molar-refractivity contribution in [2.75, 3.05) is 11.9 Å². The van der Waals surface area contributed by atoms with Crippen LogP contribution in [0.25, 0.3) is 16.7 Å². The summed E-state index contributed by atoms with van der Waals surface area (Å²) in [5, 5.41) is 5.86. The number of fused-ring (bicyclic) bond motifs is 1. The number of rotatable bonds is 8. The van der Waals surface area contributed by atoms with Crippen molar-refractivity contribution in [3.05, 3.63) is 77.9 Å². The number of carbonyl (C=O) groups excluding carboxylic acids is 1. The Morgan fingerprint density at radius 3 is 2.58 bits per heavy atom. The Morgan fingerprint density at radius 1 is 1.11 bits per heavy atom. The second-order valence-electron chi connectivity index (χ2n) is 9.82. The van der Waals surface area contributed by atoms with Crippen molar-refractivity contribution in [1.29, 1.82) is 0 Å². The lowest BCUT2D eigenvalue weighted by molar-refractivity contribution is -0.131. The molecule has 38 heavy (non-hydrogen) atoms. The van der Waals surface area contributed by atoms with Gasteiger partial charge in [-0.05, 0) is 62.6 Å². The summed E-state index contributed by atoms with van der Waals surface area (Å²) < 4.78 is 59.6. The number of amides is 1. The number of imidazole rings is 1. The maximum Gasteiger partial charge on any atom is 0.390 e. The predicted molar refractivity (Wildman–Crippen MR) is 137 cm³/mol. The highest BCUT2D eigenvalue weighted by Gasteiger charge is 2.39. The molecule has 5 rings (SSSR count). The number of nitrogens with zero attached hydrogens (tertiary/aromatic N) is 2. The molecule has 0 radical (unpaired) electrons. The predicted octanol–water partition coefficient (Wildman–Crippen LogP) is 6.91. The number of benzene rings is 3. The van der Waals surface area contributed by atoms with E-state index >= 15 is 0 Å². The molecular weight excluding hydrogens is 500 g/mol. The van der Waals surface area contributed by atoms with Gasteiger partial charge in [0, 0.05) is 41.5 Å². The first-order valence-electron chi connectivity index (χ1n) is 12.2. The lowest BCUT2D eigenvalue weighted by atomic mass is 10.1. The van der Waals surface area contributed by atoms with Crippen LogP contribution >= 0.6 is 0 Å². The maximum absolute atomic E-state index is 13.7. The van der Waals surface area contributed by atoms with Gasteiger partial charge in [-0.25, -0.2) is 9.37 Å². The van der Waals surface area contributed by atoms with Crippen molar-refractivity contribution < 1.29 is 27.1 Å². The Hall–Kier alpha value is -4.08. The van der Waals surface area contributed by atoms with E-state index in [4.69, 9.17) is 4.74 Å². The van der Waals surface area contributed by atoms with Gasteiger partial charge in [-0.1, -0.05) is 6.07 Å². The Morgan fingerprint density at radius 2 is 1.89 bits per heavy atom. The molecule has 0 spiro atoms. The number of anilines is 1. The summed E-state index contributed by atoms with van der Waals surface area (Å²) in [7, 11) is 0. The van der Waals surface area contributed by atoms with Crippen molar-refractivity contribution >= 4 is 22.6 Å². The number of carbonyl (C=O) groups is 1. The number of halogens is 4. The molecule has 1 amide bonds. The van der Waals surface area contributed by atoms with E-state index in [0.717, 1.165) is 18.4 Å². The quantitative estimate of drug-likeness (QED) is 0.245. The van der Waals surface area contributed by atoms with Gasteiger partial charge < -0.3 is 15.4 Å². The molecular formula is C28H26F4N4O2. The molecule has 0 atom stereocenters. The normalized spacial score (nSPS) is 14.4. The fourth-order valence-corrected chi connectivity index (χ4v) is 4.20. The molecule has 1 saturated carbocycles. The highest BCUT2D eigenvalue weighted by atomic mass is 19.4. The van der Waals surface area contributed by atoms with Crippen LogP contribution in [-0.2, 0) is 0 Å². The lowest BCUT2D eigenvalue weighted by Gasteiger charge is -2.15. The van der Waals surface area contributed by atoms with E-state index in [2.05, 4.69) is 15.6 Å². The third-order valence-corrected chi connectivity index (χ3v) is 6.53. The molecule has 3 aromatic carbocycles. The van der Waals surface area contributed by atoms with Gasteiger partial charge in [0.15, 0.2) is 0 Å². The number of hydrogen-bond donors (Lipinski definition) is 2. The van der Waals surface area contributed by atoms with Gasteiger partial charge in [0.1, 0.15) is 29.2 Å². The van der Waals surface area contributed by atoms with Crippen molar-refractivity contribution in [1.82, 2.24) is 14.9 Å². The average molecular weight is 527 g/mol. The first-order chi connectivity index (χ1) is 18.0. The molecule has 198 valence electrons. The van der Waals surface area contributed by atoms with Gasteiger partial charge in [0.05, 0.1) is 17.6 Å². The summed E-state index contributed by atoms with van der Waals surface area (Å²) in [6.07, 6.45) is -1.87. The summed E-state index contributed by atoms with van der Waals surface area (Å²) in [4.78, 5) is 17.2. The van der Waals surface area contributed by atoms with Gasteiger partial charge in [-0.15, -0.1) is 0 Å². The fourth-order valence-electron chi connectivity index (χ4n) is 4.20. The molecule has 1 aliphatic carbocycles. The molecule has 4 aromatic rings. The summed E-state index contributed by atoms with van der Waals surface area (Å²) in [5.74, 6) is -0.0733. The van der Waals surface area contributed by atoms with E-state index in [9.17, 15) is 22.4 Å². The molecule has 0 bridgehead atoms. The molecule has 1 aliphatic rings. The van der Waals surface area contributed by atoms with E-state index in [1.165, 1.54) is 24.3 Å². The minimum Gasteiger partial charge on any atom is -0.457 e. The zero-order chi connectivity index (χ0) is 27.1. The fraction of sp³-hybridized carbons (Fsp3) is 0.286. The zero-order valence-electron chi connectivity index (χ0n) is 20.8. The first kappa shape index (κ1) is 25.6. The van der Waals surface area contributed by atoms with Crippen molar-refractivity contribution in [3.8, 4) is 17.2 Å². The Labute approximate surface area is 216 Å².